The summed E-state index contributed by atoms with van der Waals surface area (Å²) in [7, 11) is 0. The standard InChI is InChI=1S/C24H21N5O2S/c1-17-11-13-19(14-12-17)29-24(25-26-27-29)32-16-23(30)28-20-9-5-6-10-22(20)31-15-21(28)18-7-3-2-4-8-18/h2-14,21H,15-16H2,1H3/t21-/m1/s1. The fraction of sp³-hybridized carbons (Fsp3) is 0.167. The SMILES string of the molecule is Cc1ccc(-n2nnnc2SCC(=O)N2c3ccccc3OC[C@@H]2c2ccccc2)cc1. The van der Waals surface area contributed by atoms with Crippen molar-refractivity contribution >= 4 is 23.4 Å². The predicted molar refractivity (Wildman–Crippen MR) is 123 cm³/mol. The van der Waals surface area contributed by atoms with E-state index in [0.717, 1.165) is 22.5 Å². The van der Waals surface area contributed by atoms with Crippen molar-refractivity contribution in [3.05, 3.63) is 90.0 Å². The molecule has 5 rings (SSSR count). The molecule has 0 spiro atoms. The zero-order chi connectivity index (χ0) is 21.9. The number of hydrogen-bond donors (Lipinski definition) is 0. The zero-order valence-electron chi connectivity index (χ0n) is 17.5. The van der Waals surface area contributed by atoms with Gasteiger partial charge in [0.25, 0.3) is 0 Å². The first-order valence-corrected chi connectivity index (χ1v) is 11.3. The van der Waals surface area contributed by atoms with Crippen molar-refractivity contribution in [2.24, 2.45) is 0 Å². The maximum atomic E-state index is 13.5. The Bertz CT molecular complexity index is 1230. The lowest BCUT2D eigenvalue weighted by Crippen LogP contribution is -2.42. The van der Waals surface area contributed by atoms with Gasteiger partial charge >= 0.3 is 0 Å². The van der Waals surface area contributed by atoms with Crippen LogP contribution in [0, 0.1) is 6.92 Å². The first-order chi connectivity index (χ1) is 15.7. The highest BCUT2D eigenvalue weighted by atomic mass is 32.2. The van der Waals surface area contributed by atoms with Crippen LogP contribution in [0.25, 0.3) is 5.69 Å². The predicted octanol–water partition coefficient (Wildman–Crippen LogP) is 4.23. The highest BCUT2D eigenvalue weighted by Gasteiger charge is 2.33. The number of para-hydroxylation sites is 2. The van der Waals surface area contributed by atoms with Gasteiger partial charge in [0, 0.05) is 0 Å². The summed E-state index contributed by atoms with van der Waals surface area (Å²) in [6.07, 6.45) is 0. The first kappa shape index (κ1) is 20.3. The molecule has 4 aromatic rings. The largest absolute Gasteiger partial charge is 0.489 e. The van der Waals surface area contributed by atoms with Crippen LogP contribution in [0.4, 0.5) is 5.69 Å². The molecule has 0 radical (unpaired) electrons. The van der Waals surface area contributed by atoms with Crippen molar-refractivity contribution in [1.29, 1.82) is 0 Å². The number of benzene rings is 3. The van der Waals surface area contributed by atoms with Crippen molar-refractivity contribution in [3.63, 3.8) is 0 Å². The lowest BCUT2D eigenvalue weighted by atomic mass is 10.0. The number of rotatable bonds is 5. The number of amides is 1. The molecule has 0 saturated carbocycles. The Labute approximate surface area is 190 Å². The van der Waals surface area contributed by atoms with E-state index in [2.05, 4.69) is 15.5 Å². The summed E-state index contributed by atoms with van der Waals surface area (Å²) < 4.78 is 7.62. The van der Waals surface area contributed by atoms with E-state index < -0.39 is 0 Å². The third kappa shape index (κ3) is 3.97. The van der Waals surface area contributed by atoms with E-state index in [-0.39, 0.29) is 17.7 Å². The van der Waals surface area contributed by atoms with E-state index in [1.165, 1.54) is 11.8 Å². The van der Waals surface area contributed by atoms with Gasteiger partial charge in [-0.2, -0.15) is 4.68 Å². The van der Waals surface area contributed by atoms with Gasteiger partial charge in [0.15, 0.2) is 0 Å². The quantitative estimate of drug-likeness (QED) is 0.430. The molecule has 160 valence electrons. The summed E-state index contributed by atoms with van der Waals surface area (Å²) in [5, 5.41) is 12.6. The number of tetrazole rings is 1. The molecular weight excluding hydrogens is 422 g/mol. The summed E-state index contributed by atoms with van der Waals surface area (Å²) in [5.41, 5.74) is 3.82. The number of hydrogen-bond acceptors (Lipinski definition) is 6. The summed E-state index contributed by atoms with van der Waals surface area (Å²) >= 11 is 1.32. The van der Waals surface area contributed by atoms with Gasteiger partial charge in [-0.1, -0.05) is 71.9 Å². The molecule has 7 nitrogen and oxygen atoms in total. The van der Waals surface area contributed by atoms with Crippen LogP contribution in [0.3, 0.4) is 0 Å². The lowest BCUT2D eigenvalue weighted by molar-refractivity contribution is -0.117. The molecule has 0 bridgehead atoms. The van der Waals surface area contributed by atoms with Gasteiger partial charge in [-0.25, -0.2) is 0 Å². The Balaban J connectivity index is 1.40. The Kier molecular flexibility index (Phi) is 5.60. The summed E-state index contributed by atoms with van der Waals surface area (Å²) in [4.78, 5) is 15.3. The van der Waals surface area contributed by atoms with Crippen LogP contribution in [-0.2, 0) is 4.79 Å². The zero-order valence-corrected chi connectivity index (χ0v) is 18.3. The van der Waals surface area contributed by atoms with Crippen molar-refractivity contribution in [3.8, 4) is 11.4 Å². The Morgan fingerprint density at radius 2 is 1.78 bits per heavy atom. The van der Waals surface area contributed by atoms with Crippen LogP contribution >= 0.6 is 11.8 Å². The van der Waals surface area contributed by atoms with Gasteiger partial charge in [0.05, 0.1) is 23.2 Å². The molecule has 0 unspecified atom stereocenters. The fourth-order valence-corrected chi connectivity index (χ4v) is 4.48. The molecule has 32 heavy (non-hydrogen) atoms. The average Bonchev–Trinajstić information content (AvgIpc) is 3.31. The second kappa shape index (κ2) is 8.84. The summed E-state index contributed by atoms with van der Waals surface area (Å²) in [5.74, 6) is 0.879. The normalized spacial score (nSPS) is 15.2. The molecule has 1 aromatic heterocycles. The smallest absolute Gasteiger partial charge is 0.238 e. The molecule has 8 heteroatoms. The number of ether oxygens (including phenoxy) is 1. The van der Waals surface area contributed by atoms with Crippen LogP contribution < -0.4 is 9.64 Å². The third-order valence-electron chi connectivity index (χ3n) is 5.33. The minimum absolute atomic E-state index is 0.0296. The highest BCUT2D eigenvalue weighted by Crippen LogP contribution is 2.39. The fourth-order valence-electron chi connectivity index (χ4n) is 3.73. The number of thioether (sulfide) groups is 1. The van der Waals surface area contributed by atoms with E-state index in [9.17, 15) is 4.79 Å². The number of aryl methyl sites for hydroxylation is 1. The second-order valence-corrected chi connectivity index (χ2v) is 8.41. The lowest BCUT2D eigenvalue weighted by Gasteiger charge is -2.37. The van der Waals surface area contributed by atoms with Gasteiger partial charge in [-0.15, -0.1) is 5.10 Å². The van der Waals surface area contributed by atoms with E-state index in [4.69, 9.17) is 4.74 Å². The van der Waals surface area contributed by atoms with Crippen LogP contribution in [0.15, 0.2) is 84.0 Å². The maximum Gasteiger partial charge on any atom is 0.238 e. The number of fused-ring (bicyclic) bond motifs is 1. The monoisotopic (exact) mass is 443 g/mol. The number of carbonyl (C=O) groups excluding carboxylic acids is 1. The average molecular weight is 444 g/mol. The molecule has 0 fully saturated rings. The van der Waals surface area contributed by atoms with Gasteiger partial charge in [0.2, 0.25) is 11.1 Å². The first-order valence-electron chi connectivity index (χ1n) is 10.3. The molecule has 0 aliphatic carbocycles. The van der Waals surface area contributed by atoms with Crippen molar-refractivity contribution < 1.29 is 9.53 Å². The van der Waals surface area contributed by atoms with E-state index >= 15 is 0 Å². The molecule has 1 atom stereocenters. The van der Waals surface area contributed by atoms with Crippen LogP contribution in [0.5, 0.6) is 5.75 Å². The Morgan fingerprint density at radius 1 is 1.03 bits per heavy atom. The molecule has 0 saturated heterocycles. The molecule has 0 N–H and O–H groups in total. The number of carbonyl (C=O) groups is 1. The van der Waals surface area contributed by atoms with Gasteiger partial charge in [-0.3, -0.25) is 9.69 Å². The Morgan fingerprint density at radius 3 is 2.59 bits per heavy atom. The van der Waals surface area contributed by atoms with Gasteiger partial charge in [-0.05, 0) is 47.2 Å². The molecule has 2 heterocycles. The van der Waals surface area contributed by atoms with Crippen LogP contribution in [0.1, 0.15) is 17.2 Å². The molecule has 1 aliphatic rings. The number of nitrogens with zero attached hydrogens (tertiary/aromatic N) is 5. The van der Waals surface area contributed by atoms with Crippen molar-refractivity contribution in [2.75, 3.05) is 17.3 Å². The topological polar surface area (TPSA) is 73.1 Å². The van der Waals surface area contributed by atoms with Crippen molar-refractivity contribution in [2.45, 2.75) is 18.1 Å². The molecule has 1 aliphatic heterocycles. The second-order valence-electron chi connectivity index (χ2n) is 7.47. The molecular formula is C24H21N5O2S. The Hall–Kier alpha value is -3.65. The summed E-state index contributed by atoms with van der Waals surface area (Å²) in [6, 6.07) is 25.3. The minimum atomic E-state index is -0.202. The summed E-state index contributed by atoms with van der Waals surface area (Å²) in [6.45, 7) is 2.43. The van der Waals surface area contributed by atoms with Crippen LogP contribution in [-0.4, -0.2) is 38.5 Å². The third-order valence-corrected chi connectivity index (χ3v) is 6.23. The number of anilines is 1. The highest BCUT2D eigenvalue weighted by molar-refractivity contribution is 7.99. The van der Waals surface area contributed by atoms with Gasteiger partial charge < -0.3 is 4.74 Å². The number of aromatic nitrogens is 4. The van der Waals surface area contributed by atoms with E-state index in [1.54, 1.807) is 4.68 Å². The van der Waals surface area contributed by atoms with E-state index in [0.29, 0.717) is 17.5 Å². The van der Waals surface area contributed by atoms with Gasteiger partial charge in [0.1, 0.15) is 12.4 Å². The minimum Gasteiger partial charge on any atom is -0.489 e. The maximum absolute atomic E-state index is 13.5. The van der Waals surface area contributed by atoms with Crippen LogP contribution in [0.2, 0.25) is 0 Å². The molecule has 3 aromatic carbocycles. The van der Waals surface area contributed by atoms with Crippen molar-refractivity contribution in [1.82, 2.24) is 20.2 Å². The molecule has 1 amide bonds. The van der Waals surface area contributed by atoms with E-state index in [1.807, 2.05) is 90.7 Å².